The molecular formula is C18H23NS. The van der Waals surface area contributed by atoms with E-state index in [0.717, 1.165) is 0 Å². The van der Waals surface area contributed by atoms with Crippen LogP contribution >= 0.6 is 11.3 Å². The first-order valence-electron chi connectivity index (χ1n) is 7.64. The van der Waals surface area contributed by atoms with Gasteiger partial charge in [0.25, 0.3) is 0 Å². The number of thiophene rings is 1. The molecule has 2 heteroatoms. The van der Waals surface area contributed by atoms with Crippen molar-refractivity contribution in [2.75, 3.05) is 7.05 Å². The monoisotopic (exact) mass is 285 g/mol. The number of likely N-dealkylation sites (N-methyl/N-ethyl adjacent to an activating group) is 1. The summed E-state index contributed by atoms with van der Waals surface area (Å²) in [6, 6.07) is 11.9. The maximum Gasteiger partial charge on any atom is 0.0136 e. The van der Waals surface area contributed by atoms with Crippen molar-refractivity contribution in [2.24, 2.45) is 0 Å². The van der Waals surface area contributed by atoms with Crippen LogP contribution in [-0.4, -0.2) is 13.1 Å². The average molecular weight is 285 g/mol. The largest absolute Gasteiger partial charge is 0.316 e. The minimum absolute atomic E-state index is 0.594. The second-order valence-corrected chi connectivity index (χ2v) is 6.54. The summed E-state index contributed by atoms with van der Waals surface area (Å²) >= 11 is 1.80. The van der Waals surface area contributed by atoms with Gasteiger partial charge in [0.1, 0.15) is 0 Å². The van der Waals surface area contributed by atoms with Crippen molar-refractivity contribution in [1.82, 2.24) is 5.32 Å². The van der Waals surface area contributed by atoms with E-state index in [1.807, 2.05) is 0 Å². The molecule has 1 aromatic heterocycles. The van der Waals surface area contributed by atoms with Crippen molar-refractivity contribution in [3.8, 4) is 0 Å². The average Bonchev–Trinajstić information content (AvgIpc) is 3.01. The van der Waals surface area contributed by atoms with E-state index in [0.29, 0.717) is 12.0 Å². The van der Waals surface area contributed by atoms with Gasteiger partial charge in [0.2, 0.25) is 0 Å². The molecule has 1 N–H and O–H groups in total. The van der Waals surface area contributed by atoms with Crippen LogP contribution in [0.25, 0.3) is 0 Å². The van der Waals surface area contributed by atoms with E-state index in [9.17, 15) is 0 Å². The van der Waals surface area contributed by atoms with Gasteiger partial charge in [-0.2, -0.15) is 11.3 Å². The van der Waals surface area contributed by atoms with Gasteiger partial charge < -0.3 is 5.32 Å². The smallest absolute Gasteiger partial charge is 0.0136 e. The Morgan fingerprint density at radius 1 is 1.30 bits per heavy atom. The predicted octanol–water partition coefficient (Wildman–Crippen LogP) is 4.39. The van der Waals surface area contributed by atoms with Gasteiger partial charge in [-0.3, -0.25) is 0 Å². The second kappa shape index (κ2) is 6.55. The summed E-state index contributed by atoms with van der Waals surface area (Å²) in [6.45, 7) is 0. The van der Waals surface area contributed by atoms with Gasteiger partial charge in [-0.25, -0.2) is 0 Å². The van der Waals surface area contributed by atoms with Crippen molar-refractivity contribution < 1.29 is 0 Å². The van der Waals surface area contributed by atoms with Crippen molar-refractivity contribution in [3.05, 3.63) is 57.8 Å². The third kappa shape index (κ3) is 2.97. The van der Waals surface area contributed by atoms with E-state index < -0.39 is 0 Å². The van der Waals surface area contributed by atoms with Crippen LogP contribution < -0.4 is 5.32 Å². The molecule has 1 aliphatic rings. The van der Waals surface area contributed by atoms with Gasteiger partial charge in [-0.05, 0) is 78.6 Å². The molecule has 1 heterocycles. The lowest BCUT2D eigenvalue weighted by atomic mass is 9.77. The summed E-state index contributed by atoms with van der Waals surface area (Å²) in [5, 5.41) is 8.04. The van der Waals surface area contributed by atoms with Gasteiger partial charge >= 0.3 is 0 Å². The summed E-state index contributed by atoms with van der Waals surface area (Å²) in [6.07, 6.45) is 6.33. The highest BCUT2D eigenvalue weighted by Gasteiger charge is 2.26. The van der Waals surface area contributed by atoms with E-state index >= 15 is 0 Å². The van der Waals surface area contributed by atoms with Gasteiger partial charge in [0.05, 0.1) is 0 Å². The molecule has 0 saturated carbocycles. The lowest BCUT2D eigenvalue weighted by Crippen LogP contribution is -2.34. The van der Waals surface area contributed by atoms with Gasteiger partial charge in [-0.1, -0.05) is 24.3 Å². The van der Waals surface area contributed by atoms with Crippen molar-refractivity contribution in [2.45, 2.75) is 44.1 Å². The molecule has 0 bridgehead atoms. The highest BCUT2D eigenvalue weighted by molar-refractivity contribution is 7.07. The molecule has 2 aromatic rings. The fraction of sp³-hybridized carbons (Fsp3) is 0.444. The first-order valence-corrected chi connectivity index (χ1v) is 8.59. The fourth-order valence-electron chi connectivity index (χ4n) is 3.51. The summed E-state index contributed by atoms with van der Waals surface area (Å²) in [7, 11) is 2.12. The maximum absolute atomic E-state index is 3.58. The Bertz CT molecular complexity index is 532. The van der Waals surface area contributed by atoms with Crippen LogP contribution in [0.15, 0.2) is 41.1 Å². The van der Waals surface area contributed by atoms with Gasteiger partial charge in [0, 0.05) is 6.04 Å². The minimum atomic E-state index is 0.594. The molecule has 2 unspecified atom stereocenters. The zero-order chi connectivity index (χ0) is 13.8. The first-order chi connectivity index (χ1) is 9.88. The van der Waals surface area contributed by atoms with E-state index in [2.05, 4.69) is 53.5 Å². The number of hydrogen-bond acceptors (Lipinski definition) is 2. The third-order valence-corrected chi connectivity index (χ3v) is 5.33. The molecule has 1 nitrogen and oxygen atoms in total. The second-order valence-electron chi connectivity index (χ2n) is 5.76. The third-order valence-electron chi connectivity index (χ3n) is 4.60. The topological polar surface area (TPSA) is 12.0 Å². The molecule has 3 rings (SSSR count). The molecule has 1 aliphatic carbocycles. The Morgan fingerprint density at radius 3 is 3.00 bits per heavy atom. The van der Waals surface area contributed by atoms with Crippen LogP contribution in [-0.2, 0) is 12.8 Å². The van der Waals surface area contributed by atoms with Crippen molar-refractivity contribution in [1.29, 1.82) is 0 Å². The fourth-order valence-corrected chi connectivity index (χ4v) is 4.22. The van der Waals surface area contributed by atoms with Crippen molar-refractivity contribution >= 4 is 11.3 Å². The summed E-state index contributed by atoms with van der Waals surface area (Å²) in [5.41, 5.74) is 4.64. The van der Waals surface area contributed by atoms with Crippen LogP contribution in [0.3, 0.4) is 0 Å². The zero-order valence-corrected chi connectivity index (χ0v) is 13.0. The van der Waals surface area contributed by atoms with E-state index in [-0.39, 0.29) is 0 Å². The minimum Gasteiger partial charge on any atom is -0.316 e. The molecule has 106 valence electrons. The normalized spacial score (nSPS) is 19.6. The maximum atomic E-state index is 3.58. The van der Waals surface area contributed by atoms with Crippen molar-refractivity contribution in [3.63, 3.8) is 0 Å². The van der Waals surface area contributed by atoms with E-state index in [4.69, 9.17) is 0 Å². The van der Waals surface area contributed by atoms with E-state index in [1.54, 1.807) is 22.5 Å². The molecule has 0 amide bonds. The molecular weight excluding hydrogens is 262 g/mol. The Morgan fingerprint density at radius 2 is 2.20 bits per heavy atom. The Kier molecular flexibility index (Phi) is 4.54. The number of nitrogens with one attached hydrogen (secondary N) is 1. The molecule has 0 spiro atoms. The predicted molar refractivity (Wildman–Crippen MR) is 87.6 cm³/mol. The summed E-state index contributed by atoms with van der Waals surface area (Å²) < 4.78 is 0. The molecule has 1 aromatic carbocycles. The van der Waals surface area contributed by atoms with Gasteiger partial charge in [0.15, 0.2) is 0 Å². The highest BCUT2D eigenvalue weighted by Crippen LogP contribution is 2.35. The summed E-state index contributed by atoms with van der Waals surface area (Å²) in [4.78, 5) is 0. The number of aryl methyl sites for hydroxylation is 2. The van der Waals surface area contributed by atoms with Crippen LogP contribution in [0, 0.1) is 0 Å². The van der Waals surface area contributed by atoms with E-state index in [1.165, 1.54) is 37.7 Å². The Labute approximate surface area is 126 Å². The lowest BCUT2D eigenvalue weighted by Gasteiger charge is -2.32. The SMILES string of the molecule is CNC(CCc1ccsc1)C1CCCc2ccccc21. The molecule has 0 radical (unpaired) electrons. The zero-order valence-electron chi connectivity index (χ0n) is 12.1. The highest BCUT2D eigenvalue weighted by atomic mass is 32.1. The molecule has 20 heavy (non-hydrogen) atoms. The number of fused-ring (bicyclic) bond motifs is 1. The van der Waals surface area contributed by atoms with Crippen LogP contribution in [0.4, 0.5) is 0 Å². The molecule has 0 fully saturated rings. The van der Waals surface area contributed by atoms with Crippen LogP contribution in [0.2, 0.25) is 0 Å². The van der Waals surface area contributed by atoms with Crippen LogP contribution in [0.1, 0.15) is 41.9 Å². The number of rotatable bonds is 5. The van der Waals surface area contributed by atoms with Gasteiger partial charge in [-0.15, -0.1) is 0 Å². The first kappa shape index (κ1) is 13.8. The van der Waals surface area contributed by atoms with Crippen LogP contribution in [0.5, 0.6) is 0 Å². The summed E-state index contributed by atoms with van der Waals surface area (Å²) in [5.74, 6) is 0.684. The molecule has 2 atom stereocenters. The molecule has 0 saturated heterocycles. The molecule has 0 aliphatic heterocycles. The number of benzene rings is 1. The Balaban J connectivity index is 1.73. The lowest BCUT2D eigenvalue weighted by molar-refractivity contribution is 0.394. The number of hydrogen-bond donors (Lipinski definition) is 1. The quantitative estimate of drug-likeness (QED) is 0.859. The Hall–Kier alpha value is -1.12. The standard InChI is InChI=1S/C18H23NS/c1-19-18(10-9-14-11-12-20-13-14)17-8-4-6-15-5-2-3-7-16(15)17/h2-3,5,7,11-13,17-19H,4,6,8-10H2,1H3.